The van der Waals surface area contributed by atoms with Crippen LogP contribution in [-0.4, -0.2) is 4.98 Å². The van der Waals surface area contributed by atoms with Crippen molar-refractivity contribution in [2.75, 3.05) is 0 Å². The minimum atomic E-state index is 0.681. The van der Waals surface area contributed by atoms with Crippen molar-refractivity contribution in [2.45, 2.75) is 26.7 Å². The Morgan fingerprint density at radius 3 is 2.56 bits per heavy atom. The quantitative estimate of drug-likeness (QED) is 0.754. The van der Waals surface area contributed by atoms with Crippen LogP contribution in [0.1, 0.15) is 25.8 Å². The van der Waals surface area contributed by atoms with Gasteiger partial charge < -0.3 is 0 Å². The predicted octanol–water partition coefficient (Wildman–Crippen LogP) is 4.99. The van der Waals surface area contributed by atoms with E-state index in [9.17, 15) is 0 Å². The summed E-state index contributed by atoms with van der Waals surface area (Å²) in [5.41, 5.74) is 3.53. The summed E-state index contributed by atoms with van der Waals surface area (Å²) in [5.74, 6) is 0.681. The molecule has 0 aliphatic carbocycles. The standard InChI is InChI=1S/C16H18ClN/c1-3-12(2)11-14-5-4-10-18-16(14)13-6-8-15(17)9-7-13/h4-10,12H,3,11H2,1-2H3. The van der Waals surface area contributed by atoms with Gasteiger partial charge in [-0.25, -0.2) is 0 Å². The maximum absolute atomic E-state index is 5.93. The van der Waals surface area contributed by atoms with Gasteiger partial charge in [-0.15, -0.1) is 0 Å². The van der Waals surface area contributed by atoms with Gasteiger partial charge in [0.25, 0.3) is 0 Å². The van der Waals surface area contributed by atoms with E-state index in [4.69, 9.17) is 11.6 Å². The van der Waals surface area contributed by atoms with Crippen LogP contribution in [0.15, 0.2) is 42.6 Å². The molecule has 2 heteroatoms. The van der Waals surface area contributed by atoms with Gasteiger partial charge in [0.15, 0.2) is 0 Å². The lowest BCUT2D eigenvalue weighted by Crippen LogP contribution is -2.01. The summed E-state index contributed by atoms with van der Waals surface area (Å²) in [6.45, 7) is 4.50. The van der Waals surface area contributed by atoms with Crippen LogP contribution in [0.25, 0.3) is 11.3 Å². The number of hydrogen-bond acceptors (Lipinski definition) is 1. The molecule has 0 aliphatic heterocycles. The third-order valence-corrected chi connectivity index (χ3v) is 3.53. The molecule has 0 amide bonds. The van der Waals surface area contributed by atoms with E-state index in [1.54, 1.807) is 0 Å². The van der Waals surface area contributed by atoms with E-state index in [1.165, 1.54) is 12.0 Å². The maximum atomic E-state index is 5.93. The van der Waals surface area contributed by atoms with Gasteiger partial charge in [0.05, 0.1) is 5.69 Å². The molecule has 18 heavy (non-hydrogen) atoms. The number of benzene rings is 1. The van der Waals surface area contributed by atoms with Crippen molar-refractivity contribution in [3.63, 3.8) is 0 Å². The largest absolute Gasteiger partial charge is 0.256 e. The van der Waals surface area contributed by atoms with Crippen LogP contribution >= 0.6 is 11.6 Å². The van der Waals surface area contributed by atoms with Crippen molar-refractivity contribution in [1.29, 1.82) is 0 Å². The third-order valence-electron chi connectivity index (χ3n) is 3.27. The summed E-state index contributed by atoms with van der Waals surface area (Å²) in [6, 6.07) is 12.1. The molecule has 1 aromatic carbocycles. The molecule has 0 bridgehead atoms. The molecule has 0 radical (unpaired) electrons. The molecular formula is C16H18ClN. The first-order chi connectivity index (χ1) is 8.70. The number of rotatable bonds is 4. The van der Waals surface area contributed by atoms with Gasteiger partial charge in [0.2, 0.25) is 0 Å². The minimum absolute atomic E-state index is 0.681. The monoisotopic (exact) mass is 259 g/mol. The average molecular weight is 260 g/mol. The molecule has 2 rings (SSSR count). The zero-order valence-electron chi connectivity index (χ0n) is 10.9. The SMILES string of the molecule is CCC(C)Cc1cccnc1-c1ccc(Cl)cc1. The van der Waals surface area contributed by atoms with E-state index in [0.29, 0.717) is 5.92 Å². The molecule has 0 saturated carbocycles. The summed E-state index contributed by atoms with van der Waals surface area (Å²) in [4.78, 5) is 4.52. The first-order valence-electron chi connectivity index (χ1n) is 6.40. The highest BCUT2D eigenvalue weighted by atomic mass is 35.5. The van der Waals surface area contributed by atoms with E-state index in [2.05, 4.69) is 24.9 Å². The van der Waals surface area contributed by atoms with Crippen molar-refractivity contribution < 1.29 is 0 Å². The first kappa shape index (κ1) is 13.1. The lowest BCUT2D eigenvalue weighted by Gasteiger charge is -2.12. The number of hydrogen-bond donors (Lipinski definition) is 0. The number of aromatic nitrogens is 1. The molecule has 0 N–H and O–H groups in total. The summed E-state index contributed by atoms with van der Waals surface area (Å²) >= 11 is 5.93. The zero-order chi connectivity index (χ0) is 13.0. The molecule has 0 aliphatic rings. The van der Waals surface area contributed by atoms with E-state index in [0.717, 1.165) is 22.7 Å². The highest BCUT2D eigenvalue weighted by Crippen LogP contribution is 2.25. The van der Waals surface area contributed by atoms with E-state index >= 15 is 0 Å². The predicted molar refractivity (Wildman–Crippen MR) is 77.8 cm³/mol. The van der Waals surface area contributed by atoms with Crippen LogP contribution in [0.5, 0.6) is 0 Å². The molecule has 2 aromatic rings. The molecule has 0 saturated heterocycles. The molecule has 94 valence electrons. The second-order valence-electron chi connectivity index (χ2n) is 4.74. The molecule has 0 spiro atoms. The van der Waals surface area contributed by atoms with Crippen molar-refractivity contribution >= 4 is 11.6 Å². The third kappa shape index (κ3) is 3.11. The zero-order valence-corrected chi connectivity index (χ0v) is 11.6. The normalized spacial score (nSPS) is 12.4. The Bertz CT molecular complexity index is 505. The van der Waals surface area contributed by atoms with Crippen LogP contribution in [0, 0.1) is 5.92 Å². The van der Waals surface area contributed by atoms with Crippen LogP contribution in [0.2, 0.25) is 5.02 Å². The van der Waals surface area contributed by atoms with E-state index in [-0.39, 0.29) is 0 Å². The van der Waals surface area contributed by atoms with Gasteiger partial charge in [0.1, 0.15) is 0 Å². The molecule has 1 atom stereocenters. The minimum Gasteiger partial charge on any atom is -0.256 e. The fraction of sp³-hybridized carbons (Fsp3) is 0.312. The molecular weight excluding hydrogens is 242 g/mol. The molecule has 0 fully saturated rings. The Balaban J connectivity index is 2.35. The second-order valence-corrected chi connectivity index (χ2v) is 5.17. The van der Waals surface area contributed by atoms with Gasteiger partial charge in [-0.3, -0.25) is 4.98 Å². The van der Waals surface area contributed by atoms with Gasteiger partial charge in [-0.05, 0) is 36.1 Å². The highest BCUT2D eigenvalue weighted by molar-refractivity contribution is 6.30. The lowest BCUT2D eigenvalue weighted by molar-refractivity contribution is 0.560. The van der Waals surface area contributed by atoms with Crippen LogP contribution in [0.3, 0.4) is 0 Å². The molecule has 1 heterocycles. The second kappa shape index (κ2) is 6.01. The molecule has 1 unspecified atom stereocenters. The van der Waals surface area contributed by atoms with Crippen molar-refractivity contribution in [3.8, 4) is 11.3 Å². The average Bonchev–Trinajstić information content (AvgIpc) is 2.40. The number of nitrogens with zero attached hydrogens (tertiary/aromatic N) is 1. The van der Waals surface area contributed by atoms with Crippen molar-refractivity contribution in [3.05, 3.63) is 53.2 Å². The summed E-state index contributed by atoms with van der Waals surface area (Å²) in [5, 5.41) is 0.762. The topological polar surface area (TPSA) is 12.9 Å². The Hall–Kier alpha value is -1.34. The highest BCUT2D eigenvalue weighted by Gasteiger charge is 2.09. The van der Waals surface area contributed by atoms with Crippen LogP contribution in [-0.2, 0) is 6.42 Å². The van der Waals surface area contributed by atoms with Crippen molar-refractivity contribution in [2.24, 2.45) is 5.92 Å². The Labute approximate surface area is 114 Å². The molecule has 1 nitrogen and oxygen atoms in total. The van der Waals surface area contributed by atoms with Crippen molar-refractivity contribution in [1.82, 2.24) is 4.98 Å². The lowest BCUT2D eigenvalue weighted by atomic mass is 9.95. The van der Waals surface area contributed by atoms with Gasteiger partial charge in [-0.1, -0.05) is 50.1 Å². The number of pyridine rings is 1. The Kier molecular flexibility index (Phi) is 4.38. The van der Waals surface area contributed by atoms with Gasteiger partial charge in [-0.2, -0.15) is 0 Å². The summed E-state index contributed by atoms with van der Waals surface area (Å²) in [7, 11) is 0. The number of halogens is 1. The fourth-order valence-corrected chi connectivity index (χ4v) is 2.12. The van der Waals surface area contributed by atoms with Crippen LogP contribution in [0.4, 0.5) is 0 Å². The summed E-state index contributed by atoms with van der Waals surface area (Å²) in [6.07, 6.45) is 4.11. The van der Waals surface area contributed by atoms with E-state index in [1.807, 2.05) is 36.5 Å². The smallest absolute Gasteiger partial charge is 0.0734 e. The Morgan fingerprint density at radius 1 is 1.17 bits per heavy atom. The maximum Gasteiger partial charge on any atom is 0.0734 e. The van der Waals surface area contributed by atoms with Crippen LogP contribution < -0.4 is 0 Å². The Morgan fingerprint density at radius 2 is 1.89 bits per heavy atom. The van der Waals surface area contributed by atoms with Gasteiger partial charge >= 0.3 is 0 Å². The first-order valence-corrected chi connectivity index (χ1v) is 6.78. The summed E-state index contributed by atoms with van der Waals surface area (Å²) < 4.78 is 0. The fourth-order valence-electron chi connectivity index (χ4n) is 1.99. The van der Waals surface area contributed by atoms with E-state index < -0.39 is 0 Å². The molecule has 1 aromatic heterocycles. The van der Waals surface area contributed by atoms with Gasteiger partial charge in [0, 0.05) is 16.8 Å².